The number of nitrogens with zero attached hydrogens (tertiary/aromatic N) is 4. The van der Waals surface area contributed by atoms with Crippen molar-refractivity contribution >= 4 is 15.8 Å². The van der Waals surface area contributed by atoms with Gasteiger partial charge in [-0.3, -0.25) is 4.90 Å². The third-order valence-corrected chi connectivity index (χ3v) is 5.83. The minimum absolute atomic E-state index is 0.0848. The van der Waals surface area contributed by atoms with E-state index in [2.05, 4.69) is 34.7 Å². The van der Waals surface area contributed by atoms with Gasteiger partial charge in [0.05, 0.1) is 4.90 Å². The van der Waals surface area contributed by atoms with Crippen LogP contribution in [0, 0.1) is 6.92 Å². The van der Waals surface area contributed by atoms with Gasteiger partial charge in [-0.1, -0.05) is 13.8 Å². The maximum atomic E-state index is 11.3. The van der Waals surface area contributed by atoms with Crippen LogP contribution < -0.4 is 14.8 Å². The zero-order valence-electron chi connectivity index (χ0n) is 17.2. The van der Waals surface area contributed by atoms with Gasteiger partial charge in [-0.2, -0.15) is 0 Å². The Morgan fingerprint density at radius 3 is 2.34 bits per heavy atom. The molecule has 1 aliphatic heterocycles. The normalized spacial score (nSPS) is 15.7. The third-order valence-electron chi connectivity index (χ3n) is 4.90. The molecule has 0 amide bonds. The monoisotopic (exact) mass is 419 g/mol. The highest BCUT2D eigenvalue weighted by atomic mass is 32.2. The number of rotatable bonds is 7. The topological polar surface area (TPSA) is 102 Å². The van der Waals surface area contributed by atoms with E-state index in [9.17, 15) is 8.42 Å². The van der Waals surface area contributed by atoms with Gasteiger partial charge >= 0.3 is 0 Å². The van der Waals surface area contributed by atoms with Gasteiger partial charge in [-0.15, -0.1) is 0 Å². The lowest BCUT2D eigenvalue weighted by Crippen LogP contribution is -2.47. The first-order valence-corrected chi connectivity index (χ1v) is 11.4. The molecule has 0 aliphatic carbocycles. The number of piperazine rings is 1. The Morgan fingerprint density at radius 2 is 1.76 bits per heavy atom. The largest absolute Gasteiger partial charge is 0.492 e. The van der Waals surface area contributed by atoms with Crippen LogP contribution in [0.4, 0.5) is 5.82 Å². The van der Waals surface area contributed by atoms with Gasteiger partial charge in [-0.05, 0) is 31.2 Å². The van der Waals surface area contributed by atoms with E-state index in [1.165, 1.54) is 12.1 Å². The molecule has 2 N–H and O–H groups in total. The van der Waals surface area contributed by atoms with Crippen LogP contribution in [0.1, 0.15) is 31.3 Å². The van der Waals surface area contributed by atoms with E-state index in [1.807, 2.05) is 6.92 Å². The first kappa shape index (κ1) is 21.5. The molecule has 0 spiro atoms. The summed E-state index contributed by atoms with van der Waals surface area (Å²) in [5.41, 5.74) is 1.00. The molecule has 2 heterocycles. The summed E-state index contributed by atoms with van der Waals surface area (Å²) < 4.78 is 28.3. The summed E-state index contributed by atoms with van der Waals surface area (Å²) in [4.78, 5) is 14.0. The fourth-order valence-electron chi connectivity index (χ4n) is 3.21. The fourth-order valence-corrected chi connectivity index (χ4v) is 3.73. The van der Waals surface area contributed by atoms with Crippen molar-refractivity contribution < 1.29 is 13.2 Å². The van der Waals surface area contributed by atoms with Gasteiger partial charge in [0.1, 0.15) is 24.0 Å². The number of primary sulfonamides is 1. The molecule has 158 valence electrons. The molecule has 29 heavy (non-hydrogen) atoms. The van der Waals surface area contributed by atoms with Crippen molar-refractivity contribution in [2.45, 2.75) is 31.6 Å². The van der Waals surface area contributed by atoms with Crippen LogP contribution in [0.3, 0.4) is 0 Å². The standard InChI is InChI=1S/C20H29N5O3S/c1-15(2)20-22-16(3)14-19(23-20)25-10-8-24(9-11-25)12-13-28-17-4-6-18(7-5-17)29(21,26)27/h4-7,14-15H,8-13H2,1-3H3,(H2,21,26,27). The highest BCUT2D eigenvalue weighted by Crippen LogP contribution is 2.19. The highest BCUT2D eigenvalue weighted by molar-refractivity contribution is 7.89. The summed E-state index contributed by atoms with van der Waals surface area (Å²) in [5, 5.41) is 5.10. The van der Waals surface area contributed by atoms with Gasteiger partial charge in [0, 0.05) is 50.4 Å². The van der Waals surface area contributed by atoms with E-state index in [0.29, 0.717) is 18.3 Å². The van der Waals surface area contributed by atoms with Gasteiger partial charge in [0.15, 0.2) is 0 Å². The van der Waals surface area contributed by atoms with Crippen LogP contribution >= 0.6 is 0 Å². The molecule has 0 radical (unpaired) electrons. The lowest BCUT2D eigenvalue weighted by Gasteiger charge is -2.35. The number of sulfonamides is 1. The molecule has 0 unspecified atom stereocenters. The number of anilines is 1. The molecule has 9 heteroatoms. The Bertz CT molecular complexity index is 924. The van der Waals surface area contributed by atoms with Crippen LogP contribution in [0.5, 0.6) is 5.75 Å². The summed E-state index contributed by atoms with van der Waals surface area (Å²) >= 11 is 0. The van der Waals surface area contributed by atoms with E-state index in [0.717, 1.165) is 50.1 Å². The summed E-state index contributed by atoms with van der Waals surface area (Å²) in [5.74, 6) is 2.84. The average molecular weight is 420 g/mol. The first-order chi connectivity index (χ1) is 13.7. The minimum Gasteiger partial charge on any atom is -0.492 e. The molecule has 0 saturated carbocycles. The zero-order valence-corrected chi connectivity index (χ0v) is 18.0. The summed E-state index contributed by atoms with van der Waals surface area (Å²) in [6.45, 7) is 11.3. The molecule has 1 aromatic heterocycles. The number of aromatic nitrogens is 2. The Hall–Kier alpha value is -2.23. The van der Waals surface area contributed by atoms with Crippen LogP contribution in [-0.4, -0.2) is 62.6 Å². The van der Waals surface area contributed by atoms with Crippen molar-refractivity contribution in [1.82, 2.24) is 14.9 Å². The number of hydrogen-bond acceptors (Lipinski definition) is 7. The molecule has 8 nitrogen and oxygen atoms in total. The smallest absolute Gasteiger partial charge is 0.238 e. The summed E-state index contributed by atoms with van der Waals surface area (Å²) in [6, 6.07) is 8.22. The zero-order chi connectivity index (χ0) is 21.0. The molecule has 2 aromatic rings. The van der Waals surface area contributed by atoms with Crippen molar-refractivity contribution in [1.29, 1.82) is 0 Å². The Morgan fingerprint density at radius 1 is 1.10 bits per heavy atom. The summed E-state index contributed by atoms with van der Waals surface area (Å²) in [6.07, 6.45) is 0. The fraction of sp³-hybridized carbons (Fsp3) is 0.500. The number of hydrogen-bond donors (Lipinski definition) is 1. The van der Waals surface area contributed by atoms with Crippen LogP contribution in [0.25, 0.3) is 0 Å². The maximum Gasteiger partial charge on any atom is 0.238 e. The van der Waals surface area contributed by atoms with E-state index in [1.54, 1.807) is 12.1 Å². The predicted molar refractivity (Wildman–Crippen MR) is 113 cm³/mol. The minimum atomic E-state index is -3.67. The number of nitrogens with two attached hydrogens (primary N) is 1. The highest BCUT2D eigenvalue weighted by Gasteiger charge is 2.19. The molecule has 0 bridgehead atoms. The second-order valence-corrected chi connectivity index (χ2v) is 9.14. The van der Waals surface area contributed by atoms with Crippen molar-refractivity contribution in [3.8, 4) is 5.75 Å². The van der Waals surface area contributed by atoms with Gasteiger partial charge < -0.3 is 9.64 Å². The lowest BCUT2D eigenvalue weighted by molar-refractivity contribution is 0.200. The molecular formula is C20H29N5O3S. The first-order valence-electron chi connectivity index (χ1n) is 9.81. The molecule has 1 aliphatic rings. The van der Waals surface area contributed by atoms with Crippen LogP contribution in [-0.2, 0) is 10.0 Å². The number of aryl methyl sites for hydroxylation is 1. The maximum absolute atomic E-state index is 11.3. The third kappa shape index (κ3) is 5.88. The molecule has 1 aromatic carbocycles. The van der Waals surface area contributed by atoms with E-state index >= 15 is 0 Å². The number of benzene rings is 1. The van der Waals surface area contributed by atoms with Crippen LogP contribution in [0.2, 0.25) is 0 Å². The van der Waals surface area contributed by atoms with Crippen molar-refractivity contribution in [2.75, 3.05) is 44.2 Å². The second-order valence-electron chi connectivity index (χ2n) is 7.57. The molecule has 1 saturated heterocycles. The Balaban J connectivity index is 1.47. The molecule has 0 atom stereocenters. The van der Waals surface area contributed by atoms with E-state index < -0.39 is 10.0 Å². The average Bonchev–Trinajstić information content (AvgIpc) is 2.68. The molecule has 3 rings (SSSR count). The second kappa shape index (κ2) is 9.06. The predicted octanol–water partition coefficient (Wildman–Crippen LogP) is 1.76. The molecular weight excluding hydrogens is 390 g/mol. The molecule has 1 fully saturated rings. The van der Waals surface area contributed by atoms with Gasteiger partial charge in [0.25, 0.3) is 0 Å². The van der Waals surface area contributed by atoms with E-state index in [4.69, 9.17) is 14.9 Å². The van der Waals surface area contributed by atoms with E-state index in [-0.39, 0.29) is 4.90 Å². The Labute approximate surface area is 172 Å². The number of ether oxygens (including phenoxy) is 1. The Kier molecular flexibility index (Phi) is 6.71. The lowest BCUT2D eigenvalue weighted by atomic mass is 10.2. The quantitative estimate of drug-likeness (QED) is 0.729. The SMILES string of the molecule is Cc1cc(N2CCN(CCOc3ccc(S(N)(=O)=O)cc3)CC2)nc(C(C)C)n1. The van der Waals surface area contributed by atoms with Crippen LogP contribution in [0.15, 0.2) is 35.2 Å². The van der Waals surface area contributed by atoms with Crippen molar-refractivity contribution in [3.63, 3.8) is 0 Å². The van der Waals surface area contributed by atoms with Crippen molar-refractivity contribution in [3.05, 3.63) is 41.9 Å². The van der Waals surface area contributed by atoms with Gasteiger partial charge in [0.2, 0.25) is 10.0 Å². The summed E-state index contributed by atoms with van der Waals surface area (Å²) in [7, 11) is -3.67. The van der Waals surface area contributed by atoms with Crippen molar-refractivity contribution in [2.24, 2.45) is 5.14 Å². The van der Waals surface area contributed by atoms with Gasteiger partial charge in [-0.25, -0.2) is 23.5 Å².